The van der Waals surface area contributed by atoms with Gasteiger partial charge in [0.25, 0.3) is 0 Å². The van der Waals surface area contributed by atoms with Crippen molar-refractivity contribution in [2.45, 2.75) is 18.4 Å². The van der Waals surface area contributed by atoms with E-state index < -0.39 is 5.54 Å². The number of nitriles is 1. The second kappa shape index (κ2) is 6.56. The van der Waals surface area contributed by atoms with E-state index in [4.69, 9.17) is 16.3 Å². The molecule has 0 aromatic heterocycles. The van der Waals surface area contributed by atoms with Crippen LogP contribution < -0.4 is 5.32 Å². The summed E-state index contributed by atoms with van der Waals surface area (Å²) in [5, 5.41) is 12.7. The largest absolute Gasteiger partial charge is 0.381 e. The highest BCUT2D eigenvalue weighted by Crippen LogP contribution is 2.19. The fraction of sp³-hybridized carbons (Fsp3) is 0.333. The van der Waals surface area contributed by atoms with E-state index in [2.05, 4.69) is 11.4 Å². The molecular formula is C15H15ClN2O2. The highest BCUT2D eigenvalue weighted by Gasteiger charge is 2.33. The number of nitrogens with zero attached hydrogens (tertiary/aromatic N) is 1. The molecule has 1 aromatic carbocycles. The van der Waals surface area contributed by atoms with Gasteiger partial charge in [0.2, 0.25) is 5.91 Å². The molecule has 1 aromatic rings. The lowest BCUT2D eigenvalue weighted by atomic mass is 9.92. The summed E-state index contributed by atoms with van der Waals surface area (Å²) in [6.07, 6.45) is 4.15. The molecule has 0 radical (unpaired) electrons. The van der Waals surface area contributed by atoms with Crippen molar-refractivity contribution in [1.82, 2.24) is 5.32 Å². The van der Waals surface area contributed by atoms with Crippen molar-refractivity contribution in [2.24, 2.45) is 0 Å². The molecule has 0 unspecified atom stereocenters. The van der Waals surface area contributed by atoms with Gasteiger partial charge in [0.05, 0.1) is 6.07 Å². The zero-order valence-electron chi connectivity index (χ0n) is 10.9. The number of hydrogen-bond acceptors (Lipinski definition) is 3. The molecule has 1 aliphatic heterocycles. The minimum Gasteiger partial charge on any atom is -0.381 e. The minimum absolute atomic E-state index is 0.275. The minimum atomic E-state index is -0.806. The van der Waals surface area contributed by atoms with E-state index in [0.717, 1.165) is 5.56 Å². The molecule has 104 valence electrons. The molecule has 5 heteroatoms. The van der Waals surface area contributed by atoms with E-state index >= 15 is 0 Å². The van der Waals surface area contributed by atoms with Crippen molar-refractivity contribution >= 4 is 23.6 Å². The van der Waals surface area contributed by atoms with Crippen LogP contribution in [0, 0.1) is 11.3 Å². The topological polar surface area (TPSA) is 62.1 Å². The van der Waals surface area contributed by atoms with Crippen LogP contribution in [-0.2, 0) is 9.53 Å². The fourth-order valence-corrected chi connectivity index (χ4v) is 2.13. The van der Waals surface area contributed by atoms with Gasteiger partial charge in [0.1, 0.15) is 5.54 Å². The van der Waals surface area contributed by atoms with E-state index in [1.807, 2.05) is 12.1 Å². The number of rotatable bonds is 3. The molecule has 20 heavy (non-hydrogen) atoms. The highest BCUT2D eigenvalue weighted by molar-refractivity contribution is 6.30. The van der Waals surface area contributed by atoms with Crippen LogP contribution in [0.25, 0.3) is 6.08 Å². The van der Waals surface area contributed by atoms with Gasteiger partial charge in [-0.3, -0.25) is 4.79 Å². The fourth-order valence-electron chi connectivity index (χ4n) is 2.01. The van der Waals surface area contributed by atoms with E-state index in [0.29, 0.717) is 31.1 Å². The Labute approximate surface area is 123 Å². The van der Waals surface area contributed by atoms with Crippen LogP contribution in [0.1, 0.15) is 18.4 Å². The first-order valence-electron chi connectivity index (χ1n) is 6.38. The zero-order chi connectivity index (χ0) is 14.4. The zero-order valence-corrected chi connectivity index (χ0v) is 11.7. The average molecular weight is 291 g/mol. The van der Waals surface area contributed by atoms with Crippen LogP contribution in [0.3, 0.4) is 0 Å². The van der Waals surface area contributed by atoms with Gasteiger partial charge >= 0.3 is 0 Å². The molecule has 1 fully saturated rings. The van der Waals surface area contributed by atoms with Gasteiger partial charge in [-0.25, -0.2) is 0 Å². The van der Waals surface area contributed by atoms with Crippen molar-refractivity contribution in [1.29, 1.82) is 5.26 Å². The molecule has 1 saturated heterocycles. The van der Waals surface area contributed by atoms with Crippen LogP contribution in [0.5, 0.6) is 0 Å². The maximum Gasteiger partial charge on any atom is 0.245 e. The molecule has 1 N–H and O–H groups in total. The van der Waals surface area contributed by atoms with E-state index in [-0.39, 0.29) is 5.91 Å². The Balaban J connectivity index is 1.98. The van der Waals surface area contributed by atoms with E-state index in [9.17, 15) is 10.1 Å². The molecule has 1 aliphatic rings. The summed E-state index contributed by atoms with van der Waals surface area (Å²) in [6, 6.07) is 9.35. The lowest BCUT2D eigenvalue weighted by molar-refractivity contribution is -0.118. The normalized spacial score (nSPS) is 17.6. The van der Waals surface area contributed by atoms with Gasteiger partial charge < -0.3 is 10.1 Å². The second-order valence-corrected chi connectivity index (χ2v) is 5.12. The number of ether oxygens (including phenoxy) is 1. The summed E-state index contributed by atoms with van der Waals surface area (Å²) in [5.41, 5.74) is 0.0715. The van der Waals surface area contributed by atoms with Crippen LogP contribution >= 0.6 is 11.6 Å². The molecule has 0 aliphatic carbocycles. The van der Waals surface area contributed by atoms with Crippen molar-refractivity contribution in [3.05, 3.63) is 40.9 Å². The summed E-state index contributed by atoms with van der Waals surface area (Å²) in [6.45, 7) is 0.990. The van der Waals surface area contributed by atoms with Crippen LogP contribution in [0.4, 0.5) is 0 Å². The van der Waals surface area contributed by atoms with Gasteiger partial charge in [0, 0.05) is 37.2 Å². The summed E-state index contributed by atoms with van der Waals surface area (Å²) in [5.74, 6) is -0.275. The molecule has 0 atom stereocenters. The third-order valence-electron chi connectivity index (χ3n) is 3.22. The molecule has 2 rings (SSSR count). The van der Waals surface area contributed by atoms with Crippen molar-refractivity contribution < 1.29 is 9.53 Å². The Morgan fingerprint density at radius 1 is 1.35 bits per heavy atom. The molecular weight excluding hydrogens is 276 g/mol. The Hall–Kier alpha value is -1.83. The Morgan fingerprint density at radius 3 is 2.60 bits per heavy atom. The SMILES string of the molecule is N#CC1(NC(=O)/C=C\c2ccc(Cl)cc2)CCOCC1. The standard InChI is InChI=1S/C15H15ClN2O2/c16-13-4-1-12(2-5-13)3-6-14(19)18-15(11-17)7-9-20-10-8-15/h1-6H,7-10H2,(H,18,19)/b6-3-. The van der Waals surface area contributed by atoms with Crippen LogP contribution in [0.15, 0.2) is 30.3 Å². The lowest BCUT2D eigenvalue weighted by Gasteiger charge is -2.30. The molecule has 4 nitrogen and oxygen atoms in total. The van der Waals surface area contributed by atoms with Crippen molar-refractivity contribution in [2.75, 3.05) is 13.2 Å². The molecule has 0 saturated carbocycles. The molecule has 0 spiro atoms. The van der Waals surface area contributed by atoms with Crippen molar-refractivity contribution in [3.8, 4) is 6.07 Å². The third-order valence-corrected chi connectivity index (χ3v) is 3.47. The average Bonchev–Trinajstić information content (AvgIpc) is 2.47. The maximum absolute atomic E-state index is 11.9. The smallest absolute Gasteiger partial charge is 0.245 e. The third kappa shape index (κ3) is 3.83. The summed E-state index contributed by atoms with van der Waals surface area (Å²) < 4.78 is 5.22. The number of hydrogen-bond donors (Lipinski definition) is 1. The number of benzene rings is 1. The van der Waals surface area contributed by atoms with E-state index in [1.165, 1.54) is 6.08 Å². The predicted molar refractivity (Wildman–Crippen MR) is 77.0 cm³/mol. The Kier molecular flexibility index (Phi) is 4.78. The summed E-state index contributed by atoms with van der Waals surface area (Å²) in [7, 11) is 0. The highest BCUT2D eigenvalue weighted by atomic mass is 35.5. The number of amides is 1. The van der Waals surface area contributed by atoms with Gasteiger partial charge in [-0.1, -0.05) is 23.7 Å². The maximum atomic E-state index is 11.9. The monoisotopic (exact) mass is 290 g/mol. The second-order valence-electron chi connectivity index (χ2n) is 4.68. The number of halogens is 1. The Bertz CT molecular complexity index is 540. The van der Waals surface area contributed by atoms with Gasteiger partial charge in [-0.05, 0) is 23.8 Å². The first-order valence-corrected chi connectivity index (χ1v) is 6.76. The Morgan fingerprint density at radius 2 is 2.00 bits per heavy atom. The summed E-state index contributed by atoms with van der Waals surface area (Å²) >= 11 is 5.79. The van der Waals surface area contributed by atoms with Crippen molar-refractivity contribution in [3.63, 3.8) is 0 Å². The summed E-state index contributed by atoms with van der Waals surface area (Å²) in [4.78, 5) is 11.9. The van der Waals surface area contributed by atoms with Gasteiger partial charge in [-0.2, -0.15) is 5.26 Å². The predicted octanol–water partition coefficient (Wildman–Crippen LogP) is 2.54. The quantitative estimate of drug-likeness (QED) is 0.870. The van der Waals surface area contributed by atoms with Gasteiger partial charge in [-0.15, -0.1) is 0 Å². The number of carbonyl (C=O) groups is 1. The van der Waals surface area contributed by atoms with E-state index in [1.54, 1.807) is 18.2 Å². The van der Waals surface area contributed by atoms with Crippen LogP contribution in [-0.4, -0.2) is 24.7 Å². The lowest BCUT2D eigenvalue weighted by Crippen LogP contribution is -2.50. The molecule has 0 bridgehead atoms. The first-order chi connectivity index (χ1) is 9.63. The number of carbonyl (C=O) groups excluding carboxylic acids is 1. The number of nitrogens with one attached hydrogen (secondary N) is 1. The first kappa shape index (κ1) is 14.6. The van der Waals surface area contributed by atoms with Crippen LogP contribution in [0.2, 0.25) is 5.02 Å². The molecule has 1 heterocycles. The van der Waals surface area contributed by atoms with Gasteiger partial charge in [0.15, 0.2) is 0 Å². The molecule has 1 amide bonds.